The van der Waals surface area contributed by atoms with Gasteiger partial charge in [-0.15, -0.1) is 0 Å². The minimum absolute atomic E-state index is 0.338. The van der Waals surface area contributed by atoms with Crippen molar-refractivity contribution in [3.63, 3.8) is 0 Å². The van der Waals surface area contributed by atoms with Crippen LogP contribution in [0.25, 0.3) is 0 Å². The molecule has 0 aliphatic carbocycles. The normalized spacial score (nSPS) is 19.0. The molecule has 0 spiro atoms. The van der Waals surface area contributed by atoms with Crippen molar-refractivity contribution in [1.29, 1.82) is 0 Å². The van der Waals surface area contributed by atoms with Gasteiger partial charge in [0.25, 0.3) is 0 Å². The number of hydrogen-bond acceptors (Lipinski definition) is 4. The summed E-state index contributed by atoms with van der Waals surface area (Å²) in [5, 5.41) is 0. The van der Waals surface area contributed by atoms with Gasteiger partial charge < -0.3 is 9.47 Å². The second kappa shape index (κ2) is 18.7. The molecule has 30 heavy (non-hydrogen) atoms. The molecule has 1 saturated heterocycles. The van der Waals surface area contributed by atoms with Crippen molar-refractivity contribution in [3.05, 3.63) is 0 Å². The van der Waals surface area contributed by atoms with E-state index in [1.807, 2.05) is 0 Å². The number of unbranched alkanes of at least 4 members (excludes halogenated alkanes) is 16. The van der Waals surface area contributed by atoms with Crippen LogP contribution in [0.5, 0.6) is 0 Å². The quantitative estimate of drug-likeness (QED) is 0.149. The first kappa shape index (κ1) is 27.0. The molecule has 0 amide bonds. The van der Waals surface area contributed by atoms with Crippen LogP contribution < -0.4 is 0 Å². The van der Waals surface area contributed by atoms with Gasteiger partial charge in [0.2, 0.25) is 0 Å². The van der Waals surface area contributed by atoms with Gasteiger partial charge in [-0.1, -0.05) is 117 Å². The highest BCUT2D eigenvalue weighted by atomic mass is 16.6. The Kier molecular flexibility index (Phi) is 16.8. The maximum Gasteiger partial charge on any atom is 0.348 e. The highest BCUT2D eigenvalue weighted by Gasteiger charge is 2.37. The molecule has 0 N–H and O–H groups in total. The average Bonchev–Trinajstić information content (AvgIpc) is 2.74. The number of rotatable bonds is 20. The van der Waals surface area contributed by atoms with Crippen LogP contribution in [0.4, 0.5) is 0 Å². The summed E-state index contributed by atoms with van der Waals surface area (Å²) < 4.78 is 10.8. The Labute approximate surface area is 185 Å². The lowest BCUT2D eigenvalue weighted by Gasteiger charge is -2.27. The van der Waals surface area contributed by atoms with Crippen molar-refractivity contribution < 1.29 is 19.1 Å². The van der Waals surface area contributed by atoms with E-state index in [1.54, 1.807) is 0 Å². The third kappa shape index (κ3) is 13.3. The highest BCUT2D eigenvalue weighted by Crippen LogP contribution is 2.21. The summed E-state index contributed by atoms with van der Waals surface area (Å²) in [6.07, 6.45) is 22.0. The lowest BCUT2D eigenvalue weighted by atomic mass is 10.0. The predicted molar refractivity (Wildman–Crippen MR) is 123 cm³/mol. The molecule has 4 heteroatoms. The molecule has 1 heterocycles. The van der Waals surface area contributed by atoms with Gasteiger partial charge in [0.15, 0.2) is 12.2 Å². The van der Waals surface area contributed by atoms with Crippen molar-refractivity contribution in [2.45, 2.75) is 154 Å². The summed E-state index contributed by atoms with van der Waals surface area (Å²) in [6.45, 7) is 4.48. The molecule has 0 aromatic carbocycles. The summed E-state index contributed by atoms with van der Waals surface area (Å²) in [5.74, 6) is -0.676. The topological polar surface area (TPSA) is 52.6 Å². The zero-order valence-electron chi connectivity index (χ0n) is 19.9. The van der Waals surface area contributed by atoms with Gasteiger partial charge in [-0.2, -0.15) is 0 Å². The second-order valence-corrected chi connectivity index (χ2v) is 9.09. The van der Waals surface area contributed by atoms with Crippen LogP contribution in [0.15, 0.2) is 0 Å². The number of cyclic esters (lactones) is 2. The molecular formula is C26H48O4. The standard InChI is InChI=1S/C26H48O4/c1-3-5-7-9-11-13-15-17-19-21-23-25(27)30-24(26(28)29-23)22-20-18-16-14-12-10-8-6-4-2/h23-24H,3-22H2,1-2H3. The molecule has 0 aromatic heterocycles. The maximum absolute atomic E-state index is 12.2. The average molecular weight is 425 g/mol. The van der Waals surface area contributed by atoms with Crippen LogP contribution in [-0.2, 0) is 19.1 Å². The first-order chi connectivity index (χ1) is 14.7. The number of ether oxygens (including phenoxy) is 2. The van der Waals surface area contributed by atoms with Gasteiger partial charge in [0, 0.05) is 0 Å². The fraction of sp³-hybridized carbons (Fsp3) is 0.923. The van der Waals surface area contributed by atoms with E-state index in [4.69, 9.17) is 9.47 Å². The van der Waals surface area contributed by atoms with E-state index in [0.717, 1.165) is 25.7 Å². The fourth-order valence-electron chi connectivity index (χ4n) is 4.16. The largest absolute Gasteiger partial charge is 0.448 e. The van der Waals surface area contributed by atoms with Gasteiger partial charge in [-0.3, -0.25) is 0 Å². The molecule has 1 aliphatic rings. The fourth-order valence-corrected chi connectivity index (χ4v) is 4.16. The molecule has 1 fully saturated rings. The van der Waals surface area contributed by atoms with E-state index in [0.29, 0.717) is 12.8 Å². The lowest BCUT2D eigenvalue weighted by Crippen LogP contribution is -2.43. The SMILES string of the molecule is CCCCCCCCCCCC1OC(=O)C(CCCCCCCCCCC)OC1=O. The second-order valence-electron chi connectivity index (χ2n) is 9.09. The molecule has 2 atom stereocenters. The van der Waals surface area contributed by atoms with E-state index in [9.17, 15) is 9.59 Å². The Hall–Kier alpha value is -1.06. The monoisotopic (exact) mass is 424 g/mol. The molecule has 1 aliphatic heterocycles. The van der Waals surface area contributed by atoms with Crippen LogP contribution in [0.1, 0.15) is 142 Å². The third-order valence-corrected chi connectivity index (χ3v) is 6.18. The zero-order valence-corrected chi connectivity index (χ0v) is 19.9. The molecule has 0 radical (unpaired) electrons. The molecule has 1 rings (SSSR count). The van der Waals surface area contributed by atoms with Crippen molar-refractivity contribution in [2.75, 3.05) is 0 Å². The van der Waals surface area contributed by atoms with Crippen molar-refractivity contribution >= 4 is 11.9 Å². The molecule has 0 saturated carbocycles. The predicted octanol–water partition coefficient (Wildman–Crippen LogP) is 7.67. The van der Waals surface area contributed by atoms with E-state index in [1.165, 1.54) is 89.9 Å². The third-order valence-electron chi connectivity index (χ3n) is 6.18. The summed E-state index contributed by atoms with van der Waals surface area (Å²) in [5.41, 5.74) is 0. The van der Waals surface area contributed by atoms with Gasteiger partial charge in [-0.05, 0) is 25.7 Å². The van der Waals surface area contributed by atoms with Crippen LogP contribution in [-0.4, -0.2) is 24.1 Å². The smallest absolute Gasteiger partial charge is 0.348 e. The maximum atomic E-state index is 12.2. The summed E-state index contributed by atoms with van der Waals surface area (Å²) >= 11 is 0. The number of carbonyl (C=O) groups excluding carboxylic acids is 2. The van der Waals surface area contributed by atoms with Gasteiger partial charge in [0.1, 0.15) is 0 Å². The summed E-state index contributed by atoms with van der Waals surface area (Å²) in [7, 11) is 0. The molecule has 4 nitrogen and oxygen atoms in total. The Bertz CT molecular complexity index is 395. The first-order valence-electron chi connectivity index (χ1n) is 13.1. The minimum Gasteiger partial charge on any atom is -0.448 e. The summed E-state index contributed by atoms with van der Waals surface area (Å²) in [6, 6.07) is 0. The molecule has 0 bridgehead atoms. The van der Waals surface area contributed by atoms with E-state index in [-0.39, 0.29) is 11.9 Å². The van der Waals surface area contributed by atoms with Crippen molar-refractivity contribution in [2.24, 2.45) is 0 Å². The van der Waals surface area contributed by atoms with Crippen LogP contribution >= 0.6 is 0 Å². The minimum atomic E-state index is -0.679. The molecule has 0 aromatic rings. The van der Waals surface area contributed by atoms with E-state index in [2.05, 4.69) is 13.8 Å². The number of hydrogen-bond donors (Lipinski definition) is 0. The first-order valence-corrected chi connectivity index (χ1v) is 13.1. The molecular weight excluding hydrogens is 376 g/mol. The van der Waals surface area contributed by atoms with Crippen LogP contribution in [0, 0.1) is 0 Å². The number of esters is 2. The van der Waals surface area contributed by atoms with Crippen LogP contribution in [0.2, 0.25) is 0 Å². The van der Waals surface area contributed by atoms with Gasteiger partial charge in [0.05, 0.1) is 0 Å². The zero-order chi connectivity index (χ0) is 21.9. The molecule has 2 unspecified atom stereocenters. The number of carbonyl (C=O) groups is 2. The van der Waals surface area contributed by atoms with Gasteiger partial charge >= 0.3 is 11.9 Å². The summed E-state index contributed by atoms with van der Waals surface area (Å²) in [4.78, 5) is 24.4. The van der Waals surface area contributed by atoms with Crippen molar-refractivity contribution in [1.82, 2.24) is 0 Å². The van der Waals surface area contributed by atoms with Crippen molar-refractivity contribution in [3.8, 4) is 0 Å². The Morgan fingerprint density at radius 3 is 1.03 bits per heavy atom. The molecule has 176 valence electrons. The van der Waals surface area contributed by atoms with E-state index < -0.39 is 12.2 Å². The lowest BCUT2D eigenvalue weighted by molar-refractivity contribution is -0.196. The Morgan fingerprint density at radius 2 is 0.733 bits per heavy atom. The van der Waals surface area contributed by atoms with Crippen LogP contribution in [0.3, 0.4) is 0 Å². The van der Waals surface area contributed by atoms with E-state index >= 15 is 0 Å². The highest BCUT2D eigenvalue weighted by molar-refractivity contribution is 5.87. The van der Waals surface area contributed by atoms with Gasteiger partial charge in [-0.25, -0.2) is 9.59 Å². The Morgan fingerprint density at radius 1 is 0.467 bits per heavy atom. The Balaban J connectivity index is 2.02.